The fourth-order valence-electron chi connectivity index (χ4n) is 9.74. The number of β-amino-alcohol motifs (C(OH)–C–C–N with tert-alkyl or cyclic N) is 1. The predicted octanol–water partition coefficient (Wildman–Crippen LogP) is 6.84. The number of nitrogens with one attached hydrogen (secondary N) is 4. The Morgan fingerprint density at radius 3 is 2.40 bits per heavy atom. The number of aromatic nitrogens is 3. The summed E-state index contributed by atoms with van der Waals surface area (Å²) in [4.78, 5) is 74.9. The summed E-state index contributed by atoms with van der Waals surface area (Å²) in [7, 11) is 3.28. The van der Waals surface area contributed by atoms with Gasteiger partial charge in [0, 0.05) is 50.0 Å². The fraction of sp³-hybridized carbons (Fsp3) is 0.540. The van der Waals surface area contributed by atoms with E-state index < -0.39 is 46.3 Å². The smallest absolute Gasteiger partial charge is 0.258 e. The summed E-state index contributed by atoms with van der Waals surface area (Å²) < 4.78 is 19.9. The average Bonchev–Trinajstić information content (AvgIpc) is 3.77. The largest absolute Gasteiger partial charge is 0.495 e. The van der Waals surface area contributed by atoms with E-state index in [-0.39, 0.29) is 43.7 Å². The summed E-state index contributed by atoms with van der Waals surface area (Å²) in [5.74, 6) is 0.256. The number of thiazole rings is 1. The lowest BCUT2D eigenvalue weighted by Gasteiger charge is -2.47. The van der Waals surface area contributed by atoms with E-state index in [4.69, 9.17) is 16.3 Å². The molecule has 376 valence electrons. The number of carbonyl (C=O) groups excluding carboxylic acids is 4. The number of piperidine rings is 2. The molecular weight excluding hydrogens is 955 g/mol. The number of methoxy groups -OCH3 is 1. The van der Waals surface area contributed by atoms with Crippen molar-refractivity contribution < 1.29 is 33.4 Å². The van der Waals surface area contributed by atoms with Crippen LogP contribution < -0.4 is 26.0 Å². The third-order valence-electron chi connectivity index (χ3n) is 14.4. The zero-order chi connectivity index (χ0) is 49.8. The van der Waals surface area contributed by atoms with E-state index in [9.17, 15) is 24.3 Å². The number of alkyl halides is 1. The Labute approximate surface area is 422 Å². The summed E-state index contributed by atoms with van der Waals surface area (Å²) in [6, 6.07) is 11.1. The molecule has 1 spiro atoms. The molecular formula is C50H64ClFN10O6S2. The van der Waals surface area contributed by atoms with Crippen molar-refractivity contribution >= 4 is 75.8 Å². The zero-order valence-electron chi connectivity index (χ0n) is 40.5. The maximum absolute atomic E-state index is 15.1. The van der Waals surface area contributed by atoms with E-state index in [1.165, 1.54) is 11.1 Å². The van der Waals surface area contributed by atoms with Crippen LogP contribution in [0.3, 0.4) is 0 Å². The van der Waals surface area contributed by atoms with Gasteiger partial charge in [-0.3, -0.25) is 19.2 Å². The van der Waals surface area contributed by atoms with Crippen molar-refractivity contribution in [3.05, 3.63) is 76.0 Å². The van der Waals surface area contributed by atoms with E-state index in [2.05, 4.69) is 41.1 Å². The van der Waals surface area contributed by atoms with Crippen LogP contribution in [0, 0.1) is 12.3 Å². The molecule has 0 radical (unpaired) electrons. The first-order valence-corrected chi connectivity index (χ1v) is 26.3. The molecule has 70 heavy (non-hydrogen) atoms. The molecule has 4 aliphatic rings. The molecule has 8 rings (SSSR count). The summed E-state index contributed by atoms with van der Waals surface area (Å²) in [5.41, 5.74) is 4.03. The van der Waals surface area contributed by atoms with Gasteiger partial charge in [0.1, 0.15) is 28.7 Å². The Hall–Kier alpha value is -5.08. The lowest BCUT2D eigenvalue weighted by molar-refractivity contribution is -0.143. The third kappa shape index (κ3) is 11.8. The highest BCUT2D eigenvalue weighted by Crippen LogP contribution is 2.43. The van der Waals surface area contributed by atoms with E-state index >= 15 is 4.39 Å². The van der Waals surface area contributed by atoms with Crippen molar-refractivity contribution in [2.75, 3.05) is 69.8 Å². The standard InChI is InChI=1S/C50H64ClFN10O6S2/c1-31-40(69-30-56-31)33-9-7-32(8-10-33)27-54-43(64)38-26-35(63)29-62(38)45(66)41(58-46(67)50(52)13-14-50)48(2,3)70-24-6-19-60-20-15-49(16-21-60)17-22-61(23-18-49)44(65)34-11-12-37(39(25-34)68-5)57-47-55-28-36(51)42(53-4)59-47/h7-12,25,28,30,35,38,41,63H,6,13-24,26-27,29H2,1-5H3,(H,54,64)(H,58,67)(H2,53,55,57,59)/t35-,38-,41-/m1/s1. The van der Waals surface area contributed by atoms with Crippen molar-refractivity contribution in [3.8, 4) is 16.2 Å². The van der Waals surface area contributed by atoms with Crippen molar-refractivity contribution in [1.29, 1.82) is 0 Å². The van der Waals surface area contributed by atoms with Crippen molar-refractivity contribution in [1.82, 2.24) is 40.3 Å². The molecule has 1 saturated carbocycles. The van der Waals surface area contributed by atoms with Gasteiger partial charge in [-0.15, -0.1) is 11.3 Å². The van der Waals surface area contributed by atoms with Crippen molar-refractivity contribution in [2.45, 2.75) is 107 Å². The number of rotatable bonds is 18. The Morgan fingerprint density at radius 2 is 1.74 bits per heavy atom. The normalized spacial score (nSPS) is 20.2. The number of thioether (sulfide) groups is 1. The van der Waals surface area contributed by atoms with Gasteiger partial charge in [-0.25, -0.2) is 14.4 Å². The first-order valence-electron chi connectivity index (χ1n) is 24.1. The number of nitrogens with zero attached hydrogens (tertiary/aromatic N) is 6. The molecule has 3 aliphatic heterocycles. The minimum Gasteiger partial charge on any atom is -0.495 e. The van der Waals surface area contributed by atoms with Crippen LogP contribution in [0.1, 0.15) is 86.8 Å². The van der Waals surface area contributed by atoms with Crippen LogP contribution in [0.2, 0.25) is 5.02 Å². The fourth-order valence-corrected chi connectivity index (χ4v) is 11.9. The monoisotopic (exact) mass is 1020 g/mol. The van der Waals surface area contributed by atoms with Crippen LogP contribution in [0.5, 0.6) is 5.75 Å². The number of hydrogen-bond acceptors (Lipinski definition) is 14. The van der Waals surface area contributed by atoms with Gasteiger partial charge in [0.2, 0.25) is 17.8 Å². The molecule has 16 nitrogen and oxygen atoms in total. The van der Waals surface area contributed by atoms with Crippen LogP contribution in [0.15, 0.2) is 54.2 Å². The first kappa shape index (κ1) is 51.3. The highest BCUT2D eigenvalue weighted by molar-refractivity contribution is 8.00. The molecule has 4 amide bonds. The molecule has 4 aromatic rings. The zero-order valence-corrected chi connectivity index (χ0v) is 42.9. The molecule has 2 aromatic carbocycles. The number of hydrogen-bond donors (Lipinski definition) is 5. The van der Waals surface area contributed by atoms with Gasteiger partial charge >= 0.3 is 0 Å². The second-order valence-electron chi connectivity index (χ2n) is 19.6. The van der Waals surface area contributed by atoms with Gasteiger partial charge in [0.15, 0.2) is 5.67 Å². The third-order valence-corrected chi connectivity index (χ3v) is 17.1. The number of carbonyl (C=O) groups is 4. The summed E-state index contributed by atoms with van der Waals surface area (Å²) in [5, 5.41) is 23.0. The number of benzene rings is 2. The quantitative estimate of drug-likeness (QED) is 0.0652. The Bertz CT molecular complexity index is 2530. The van der Waals surface area contributed by atoms with E-state index in [0.717, 1.165) is 73.4 Å². The number of aliphatic hydroxyl groups is 1. The van der Waals surface area contributed by atoms with Crippen LogP contribution >= 0.6 is 34.7 Å². The first-order chi connectivity index (χ1) is 33.5. The van der Waals surface area contributed by atoms with Gasteiger partial charge in [-0.1, -0.05) is 35.9 Å². The van der Waals surface area contributed by atoms with Crippen LogP contribution in [0.25, 0.3) is 10.4 Å². The highest BCUT2D eigenvalue weighted by Gasteiger charge is 2.54. The molecule has 1 aliphatic carbocycles. The van der Waals surface area contributed by atoms with Gasteiger partial charge in [0.05, 0.1) is 41.2 Å². The summed E-state index contributed by atoms with van der Waals surface area (Å²) in [6.45, 7) is 10.0. The minimum absolute atomic E-state index is 0.0300. The van der Waals surface area contributed by atoms with Crippen LogP contribution in [-0.2, 0) is 20.9 Å². The van der Waals surface area contributed by atoms with Gasteiger partial charge in [-0.05, 0) is 126 Å². The maximum Gasteiger partial charge on any atom is 0.258 e. The van der Waals surface area contributed by atoms with Crippen molar-refractivity contribution in [2.24, 2.45) is 5.41 Å². The molecule has 0 unspecified atom stereocenters. The molecule has 0 bridgehead atoms. The molecule has 2 aromatic heterocycles. The predicted molar refractivity (Wildman–Crippen MR) is 273 cm³/mol. The van der Waals surface area contributed by atoms with Gasteiger partial charge in [0.25, 0.3) is 11.8 Å². The molecule has 4 fully saturated rings. The summed E-state index contributed by atoms with van der Waals surface area (Å²) >= 11 is 9.25. The van der Waals surface area contributed by atoms with Crippen LogP contribution in [-0.4, -0.2) is 146 Å². The lowest BCUT2D eigenvalue weighted by Crippen LogP contribution is -2.61. The molecule has 20 heteroatoms. The molecule has 5 N–H and O–H groups in total. The van der Waals surface area contributed by atoms with Gasteiger partial charge < -0.3 is 45.8 Å². The van der Waals surface area contributed by atoms with Crippen molar-refractivity contribution in [3.63, 3.8) is 0 Å². The number of ether oxygens (including phenoxy) is 1. The topological polar surface area (TPSA) is 194 Å². The number of aryl methyl sites for hydroxylation is 1. The Kier molecular flexibility index (Phi) is 15.9. The minimum atomic E-state index is -2.00. The molecule has 5 heterocycles. The number of aliphatic hydroxyl groups excluding tert-OH is 1. The second-order valence-corrected chi connectivity index (χ2v) is 22.6. The average molecular weight is 1020 g/mol. The van der Waals surface area contributed by atoms with E-state index in [1.54, 1.807) is 55.5 Å². The Morgan fingerprint density at radius 1 is 1.03 bits per heavy atom. The highest BCUT2D eigenvalue weighted by atomic mass is 35.5. The SMILES string of the molecule is CNc1nc(Nc2ccc(C(=O)N3CCC4(CCN(CCCSC(C)(C)[C@H](NC(=O)C5(F)CC5)C(=O)N5C[C@H](O)C[C@@H]5C(=O)NCc5ccc(-c6scnc6C)cc5)CC4)CC3)cc2OC)ncc1Cl. The lowest BCUT2D eigenvalue weighted by atomic mass is 9.71. The van der Waals surface area contributed by atoms with Crippen LogP contribution in [0.4, 0.5) is 21.8 Å². The Balaban J connectivity index is 0.805. The van der Waals surface area contributed by atoms with Gasteiger partial charge in [-0.2, -0.15) is 16.7 Å². The molecule has 3 saturated heterocycles. The summed E-state index contributed by atoms with van der Waals surface area (Å²) in [6.07, 6.45) is 5.65. The number of likely N-dealkylation sites (tertiary alicyclic amines) is 3. The number of amides is 4. The number of anilines is 3. The number of halogens is 2. The maximum atomic E-state index is 15.1. The molecule has 3 atom stereocenters. The second kappa shape index (κ2) is 21.7. The van der Waals surface area contributed by atoms with E-state index in [1.807, 2.05) is 55.4 Å². The van der Waals surface area contributed by atoms with E-state index in [0.29, 0.717) is 52.6 Å².